The Morgan fingerprint density at radius 3 is 1.15 bits per heavy atom. The Kier molecular flexibility index (Phi) is 4.86. The van der Waals surface area contributed by atoms with Crippen molar-refractivity contribution in [3.05, 3.63) is 24.3 Å². The average Bonchev–Trinajstić information content (AvgIpc) is 2.29. The molecular weight excluding hydrogens is 260 g/mol. The van der Waals surface area contributed by atoms with Crippen LogP contribution in [0.15, 0.2) is 44.2 Å². The van der Waals surface area contributed by atoms with Crippen LogP contribution in [0.3, 0.4) is 0 Å². The molecule has 0 aliphatic rings. The number of guanidine groups is 4. The van der Waals surface area contributed by atoms with Crippen molar-refractivity contribution in [2.24, 2.45) is 54.4 Å². The maximum atomic E-state index is 5.49. The summed E-state index contributed by atoms with van der Waals surface area (Å²) in [6, 6.07) is 6.60. The fourth-order valence-corrected chi connectivity index (χ4v) is 1.18. The van der Waals surface area contributed by atoms with Crippen molar-refractivity contribution in [2.75, 3.05) is 0 Å². The maximum absolute atomic E-state index is 5.49. The average molecular weight is 276 g/mol. The molecule has 20 heavy (non-hydrogen) atoms. The van der Waals surface area contributed by atoms with Gasteiger partial charge >= 0.3 is 0 Å². The van der Waals surface area contributed by atoms with Gasteiger partial charge in [0.15, 0.2) is 11.9 Å². The molecule has 12 N–H and O–H groups in total. The minimum absolute atomic E-state index is 0.0544. The summed E-state index contributed by atoms with van der Waals surface area (Å²) in [4.78, 5) is 15.1. The zero-order valence-corrected chi connectivity index (χ0v) is 10.6. The molecule has 0 saturated heterocycles. The van der Waals surface area contributed by atoms with Gasteiger partial charge in [-0.15, -0.1) is 0 Å². The molecular formula is C10H16N10. The molecule has 0 atom stereocenters. The highest BCUT2D eigenvalue weighted by atomic mass is 15.1. The highest BCUT2D eigenvalue weighted by Gasteiger charge is 1.96. The standard InChI is InChI=1S/C10H16N10/c11-7(12)19-9(15)17-5-1-2-6(4-3-5)18-10(16)20-8(13)14/h1-4H,(H6,11,12,15,17,19)(H6,13,14,16,18,20). The molecule has 0 heterocycles. The van der Waals surface area contributed by atoms with Crippen molar-refractivity contribution in [2.45, 2.75) is 0 Å². The molecule has 0 amide bonds. The van der Waals surface area contributed by atoms with Gasteiger partial charge in [0.05, 0.1) is 11.4 Å². The smallest absolute Gasteiger partial charge is 0.223 e. The second kappa shape index (κ2) is 6.58. The van der Waals surface area contributed by atoms with E-state index in [-0.39, 0.29) is 23.8 Å². The lowest BCUT2D eigenvalue weighted by Crippen LogP contribution is -2.26. The summed E-state index contributed by atoms with van der Waals surface area (Å²) in [7, 11) is 0. The van der Waals surface area contributed by atoms with E-state index in [9.17, 15) is 0 Å². The number of hydrogen-bond acceptors (Lipinski definition) is 2. The van der Waals surface area contributed by atoms with Gasteiger partial charge in [-0.05, 0) is 24.3 Å². The molecule has 1 rings (SSSR count). The second-order valence-corrected chi connectivity index (χ2v) is 3.53. The Balaban J connectivity index is 2.90. The second-order valence-electron chi connectivity index (χ2n) is 3.53. The van der Waals surface area contributed by atoms with E-state index in [2.05, 4.69) is 20.0 Å². The molecule has 10 heteroatoms. The fourth-order valence-electron chi connectivity index (χ4n) is 1.18. The van der Waals surface area contributed by atoms with Crippen molar-refractivity contribution in [1.29, 1.82) is 0 Å². The van der Waals surface area contributed by atoms with Crippen LogP contribution in [0.1, 0.15) is 0 Å². The Hall–Kier alpha value is -3.30. The monoisotopic (exact) mass is 276 g/mol. The number of nitrogens with two attached hydrogens (primary N) is 6. The van der Waals surface area contributed by atoms with Gasteiger partial charge in [-0.1, -0.05) is 0 Å². The minimum atomic E-state index is -0.169. The molecule has 10 nitrogen and oxygen atoms in total. The number of aliphatic imine (C=N–C) groups is 4. The van der Waals surface area contributed by atoms with Crippen LogP contribution in [0.4, 0.5) is 11.4 Å². The van der Waals surface area contributed by atoms with E-state index in [1.807, 2.05) is 0 Å². The third-order valence-corrected chi connectivity index (χ3v) is 1.82. The number of rotatable bonds is 2. The van der Waals surface area contributed by atoms with E-state index >= 15 is 0 Å². The van der Waals surface area contributed by atoms with E-state index in [0.29, 0.717) is 11.4 Å². The molecule has 1 aromatic rings. The van der Waals surface area contributed by atoms with Gasteiger partial charge in [0, 0.05) is 0 Å². The zero-order chi connectivity index (χ0) is 15.1. The Morgan fingerprint density at radius 1 is 0.600 bits per heavy atom. The van der Waals surface area contributed by atoms with Crippen LogP contribution in [0, 0.1) is 0 Å². The van der Waals surface area contributed by atoms with Crippen molar-refractivity contribution in [1.82, 2.24) is 0 Å². The maximum Gasteiger partial charge on any atom is 0.223 e. The lowest BCUT2D eigenvalue weighted by molar-refractivity contribution is 1.36. The van der Waals surface area contributed by atoms with Crippen molar-refractivity contribution < 1.29 is 0 Å². The molecule has 0 saturated carbocycles. The summed E-state index contributed by atoms with van der Waals surface area (Å²) in [6.07, 6.45) is 0. The Labute approximate surface area is 115 Å². The summed E-state index contributed by atoms with van der Waals surface area (Å²) in [5.41, 5.74) is 32.7. The van der Waals surface area contributed by atoms with Crippen molar-refractivity contribution in [3.8, 4) is 0 Å². The number of nitrogens with zero attached hydrogens (tertiary/aromatic N) is 4. The first-order valence-corrected chi connectivity index (χ1v) is 5.34. The zero-order valence-electron chi connectivity index (χ0n) is 10.6. The van der Waals surface area contributed by atoms with Crippen LogP contribution < -0.4 is 34.4 Å². The molecule has 0 spiro atoms. The SMILES string of the molecule is NC(N)=NC(N)=Nc1ccc(N=C(N)N=C(N)N)cc1. The molecule has 1 aromatic carbocycles. The Morgan fingerprint density at radius 2 is 0.900 bits per heavy atom. The molecule has 0 fully saturated rings. The highest BCUT2D eigenvalue weighted by Crippen LogP contribution is 2.18. The largest absolute Gasteiger partial charge is 0.370 e. The summed E-state index contributed by atoms with van der Waals surface area (Å²) in [6.45, 7) is 0. The summed E-state index contributed by atoms with van der Waals surface area (Å²) < 4.78 is 0. The van der Waals surface area contributed by atoms with Gasteiger partial charge in [0.2, 0.25) is 11.9 Å². The van der Waals surface area contributed by atoms with Crippen LogP contribution in [0.5, 0.6) is 0 Å². The molecule has 0 unspecified atom stereocenters. The predicted molar refractivity (Wildman–Crippen MR) is 80.6 cm³/mol. The van der Waals surface area contributed by atoms with E-state index in [4.69, 9.17) is 34.4 Å². The predicted octanol–water partition coefficient (Wildman–Crippen LogP) is -1.87. The van der Waals surface area contributed by atoms with Crippen LogP contribution >= 0.6 is 0 Å². The van der Waals surface area contributed by atoms with Crippen molar-refractivity contribution >= 4 is 35.2 Å². The minimum Gasteiger partial charge on any atom is -0.370 e. The van der Waals surface area contributed by atoms with Crippen LogP contribution in [0.2, 0.25) is 0 Å². The van der Waals surface area contributed by atoms with Crippen molar-refractivity contribution in [3.63, 3.8) is 0 Å². The lowest BCUT2D eigenvalue weighted by atomic mass is 10.3. The van der Waals surface area contributed by atoms with E-state index < -0.39 is 0 Å². The van der Waals surface area contributed by atoms with E-state index in [1.54, 1.807) is 24.3 Å². The first-order chi connectivity index (χ1) is 9.36. The van der Waals surface area contributed by atoms with Crippen LogP contribution in [-0.4, -0.2) is 23.8 Å². The summed E-state index contributed by atoms with van der Waals surface area (Å²) >= 11 is 0. The fraction of sp³-hybridized carbons (Fsp3) is 0. The lowest BCUT2D eigenvalue weighted by Gasteiger charge is -1.98. The van der Waals surface area contributed by atoms with Crippen LogP contribution in [-0.2, 0) is 0 Å². The first kappa shape index (κ1) is 14.8. The van der Waals surface area contributed by atoms with Gasteiger partial charge in [0.1, 0.15) is 0 Å². The molecule has 106 valence electrons. The summed E-state index contributed by atoms with van der Waals surface area (Å²) in [5.74, 6) is -0.447. The van der Waals surface area contributed by atoms with Gasteiger partial charge in [-0.3, -0.25) is 0 Å². The quantitative estimate of drug-likeness (QED) is 0.269. The number of benzene rings is 1. The van der Waals surface area contributed by atoms with Gasteiger partial charge in [-0.2, -0.15) is 9.98 Å². The Bertz CT molecular complexity index is 520. The first-order valence-electron chi connectivity index (χ1n) is 5.34. The van der Waals surface area contributed by atoms with Gasteiger partial charge in [-0.25, -0.2) is 9.98 Å². The van der Waals surface area contributed by atoms with Gasteiger partial charge in [0.25, 0.3) is 0 Å². The molecule has 0 aliphatic carbocycles. The number of hydrogen-bond donors (Lipinski definition) is 6. The van der Waals surface area contributed by atoms with E-state index in [1.165, 1.54) is 0 Å². The third-order valence-electron chi connectivity index (χ3n) is 1.82. The molecule has 0 aromatic heterocycles. The summed E-state index contributed by atoms with van der Waals surface area (Å²) in [5, 5.41) is 0. The van der Waals surface area contributed by atoms with Gasteiger partial charge < -0.3 is 34.4 Å². The highest BCUT2D eigenvalue weighted by molar-refractivity contribution is 5.94. The van der Waals surface area contributed by atoms with Crippen LogP contribution in [0.25, 0.3) is 0 Å². The molecule has 0 radical (unpaired) electrons. The third kappa shape index (κ3) is 5.35. The topological polar surface area (TPSA) is 206 Å². The van der Waals surface area contributed by atoms with E-state index in [0.717, 1.165) is 0 Å². The molecule has 0 bridgehead atoms. The normalized spacial score (nSPS) is 11.8. The molecule has 0 aliphatic heterocycles.